The largest absolute Gasteiger partial charge is 0.472 e. The first-order valence-corrected chi connectivity index (χ1v) is 24.6. The summed E-state index contributed by atoms with van der Waals surface area (Å²) >= 11 is 0. The van der Waals surface area contributed by atoms with Crippen LogP contribution in [0.1, 0.15) is 226 Å². The molecule has 0 aliphatic rings. The maximum absolute atomic E-state index is 12.6. The van der Waals surface area contributed by atoms with Gasteiger partial charge in [0.05, 0.1) is 19.8 Å². The van der Waals surface area contributed by atoms with Crippen LogP contribution in [0.4, 0.5) is 0 Å². The van der Waals surface area contributed by atoms with Gasteiger partial charge >= 0.3 is 19.8 Å². The Balaban J connectivity index is 4.25. The van der Waals surface area contributed by atoms with E-state index in [-0.39, 0.29) is 19.4 Å². The van der Waals surface area contributed by atoms with E-state index in [0.29, 0.717) is 12.8 Å². The second kappa shape index (κ2) is 41.9. The molecular formula is C45H87O10P. The van der Waals surface area contributed by atoms with Crippen LogP contribution in [0.3, 0.4) is 0 Å². The zero-order valence-electron chi connectivity index (χ0n) is 36.1. The Kier molecular flexibility index (Phi) is 40.9. The van der Waals surface area contributed by atoms with Crippen molar-refractivity contribution < 1.29 is 47.8 Å². The number of unbranched alkanes of at least 4 members (excludes halogenated alkanes) is 28. The average Bonchev–Trinajstić information content (AvgIpc) is 3.19. The molecule has 3 atom stereocenters. The number of rotatable bonds is 44. The van der Waals surface area contributed by atoms with Gasteiger partial charge < -0.3 is 24.6 Å². The van der Waals surface area contributed by atoms with E-state index in [9.17, 15) is 24.2 Å². The minimum atomic E-state index is -4.62. The monoisotopic (exact) mass is 819 g/mol. The molecule has 0 amide bonds. The highest BCUT2D eigenvalue weighted by Crippen LogP contribution is 2.43. The number of esters is 2. The van der Waals surface area contributed by atoms with Gasteiger partial charge in [-0.25, -0.2) is 4.57 Å². The number of ether oxygens (including phenoxy) is 2. The number of hydrogen-bond acceptors (Lipinski definition) is 9. The van der Waals surface area contributed by atoms with Gasteiger partial charge in [0.1, 0.15) is 12.7 Å². The van der Waals surface area contributed by atoms with Crippen molar-refractivity contribution in [3.63, 3.8) is 0 Å². The Labute approximate surface area is 343 Å². The quantitative estimate of drug-likeness (QED) is 0.0235. The van der Waals surface area contributed by atoms with Gasteiger partial charge in [-0.1, -0.05) is 199 Å². The maximum Gasteiger partial charge on any atom is 0.472 e. The Morgan fingerprint density at radius 2 is 0.911 bits per heavy atom. The van der Waals surface area contributed by atoms with E-state index in [1.807, 2.05) is 6.08 Å². The average molecular weight is 819 g/mol. The van der Waals surface area contributed by atoms with Gasteiger partial charge in [0.15, 0.2) is 6.10 Å². The maximum atomic E-state index is 12.6. The molecule has 0 saturated heterocycles. The fourth-order valence-electron chi connectivity index (χ4n) is 6.60. The highest BCUT2D eigenvalue weighted by Gasteiger charge is 2.27. The van der Waals surface area contributed by atoms with E-state index in [4.69, 9.17) is 23.6 Å². The SMILES string of the molecule is CCCCCCCCCCCCC/C=C/CCC(=O)OC[C@H](COP(=O)(O)OC[C@@H](O)CO)OC(=O)CCCCCCCCCCCCCCCCCCCC. The summed E-state index contributed by atoms with van der Waals surface area (Å²) in [5.74, 6) is -0.968. The van der Waals surface area contributed by atoms with Crippen LogP contribution in [0, 0.1) is 0 Å². The zero-order chi connectivity index (χ0) is 41.2. The van der Waals surface area contributed by atoms with Gasteiger partial charge in [-0.3, -0.25) is 18.6 Å². The van der Waals surface area contributed by atoms with E-state index in [1.165, 1.54) is 154 Å². The molecule has 0 bridgehead atoms. The number of aliphatic hydroxyl groups is 2. The minimum absolute atomic E-state index is 0.163. The number of allylic oxidation sites excluding steroid dienone is 2. The lowest BCUT2D eigenvalue weighted by molar-refractivity contribution is -0.161. The molecule has 0 aromatic carbocycles. The number of hydrogen-bond donors (Lipinski definition) is 3. The van der Waals surface area contributed by atoms with Crippen LogP contribution in [0.25, 0.3) is 0 Å². The van der Waals surface area contributed by atoms with Crippen molar-refractivity contribution in [2.45, 2.75) is 238 Å². The first-order chi connectivity index (χ1) is 27.2. The summed E-state index contributed by atoms with van der Waals surface area (Å²) in [5.41, 5.74) is 0. The molecule has 0 spiro atoms. The normalized spacial score (nSPS) is 13.9. The molecule has 3 N–H and O–H groups in total. The number of carbonyl (C=O) groups excluding carboxylic acids is 2. The third-order valence-corrected chi connectivity index (χ3v) is 11.1. The van der Waals surface area contributed by atoms with E-state index in [2.05, 4.69) is 19.9 Å². The van der Waals surface area contributed by atoms with Crippen molar-refractivity contribution in [3.8, 4) is 0 Å². The van der Waals surface area contributed by atoms with Crippen LogP contribution < -0.4 is 0 Å². The molecule has 0 aromatic heterocycles. The highest BCUT2D eigenvalue weighted by molar-refractivity contribution is 7.47. The smallest absolute Gasteiger partial charge is 0.462 e. The van der Waals surface area contributed by atoms with Gasteiger partial charge in [0.2, 0.25) is 0 Å². The third-order valence-electron chi connectivity index (χ3n) is 10.2. The van der Waals surface area contributed by atoms with E-state index >= 15 is 0 Å². The van der Waals surface area contributed by atoms with Crippen molar-refractivity contribution in [1.29, 1.82) is 0 Å². The van der Waals surface area contributed by atoms with Crippen LogP contribution in [0.15, 0.2) is 12.2 Å². The molecule has 0 heterocycles. The molecule has 0 saturated carbocycles. The Hall–Kier alpha value is -1.29. The summed E-state index contributed by atoms with van der Waals surface area (Å²) in [4.78, 5) is 35.0. The second-order valence-corrected chi connectivity index (χ2v) is 17.2. The summed E-state index contributed by atoms with van der Waals surface area (Å²) in [6.45, 7) is 2.38. The summed E-state index contributed by atoms with van der Waals surface area (Å²) < 4.78 is 32.7. The molecule has 56 heavy (non-hydrogen) atoms. The number of phosphoric acid groups is 1. The Morgan fingerprint density at radius 3 is 1.36 bits per heavy atom. The number of carbonyl (C=O) groups is 2. The molecule has 0 rings (SSSR count). The lowest BCUT2D eigenvalue weighted by Crippen LogP contribution is -2.29. The summed E-state index contributed by atoms with van der Waals surface area (Å²) in [7, 11) is -4.62. The third kappa shape index (κ3) is 40.9. The van der Waals surface area contributed by atoms with Gasteiger partial charge in [-0.15, -0.1) is 0 Å². The van der Waals surface area contributed by atoms with E-state index < -0.39 is 51.8 Å². The Bertz CT molecular complexity index is 946. The lowest BCUT2D eigenvalue weighted by Gasteiger charge is -2.20. The molecule has 10 nitrogen and oxygen atoms in total. The number of aliphatic hydroxyl groups excluding tert-OH is 2. The zero-order valence-corrected chi connectivity index (χ0v) is 37.0. The van der Waals surface area contributed by atoms with Gasteiger partial charge in [0, 0.05) is 12.8 Å². The lowest BCUT2D eigenvalue weighted by atomic mass is 10.0. The van der Waals surface area contributed by atoms with Crippen molar-refractivity contribution in [3.05, 3.63) is 12.2 Å². The van der Waals surface area contributed by atoms with Crippen LogP contribution in [-0.2, 0) is 32.7 Å². The molecule has 0 radical (unpaired) electrons. The molecule has 0 aliphatic heterocycles. The van der Waals surface area contributed by atoms with Gasteiger partial charge in [-0.2, -0.15) is 0 Å². The fraction of sp³-hybridized carbons (Fsp3) is 0.911. The van der Waals surface area contributed by atoms with Gasteiger partial charge in [-0.05, 0) is 25.7 Å². The van der Waals surface area contributed by atoms with E-state index in [0.717, 1.165) is 32.1 Å². The first kappa shape index (κ1) is 54.7. The summed E-state index contributed by atoms with van der Waals surface area (Å²) in [6, 6.07) is 0. The van der Waals surface area contributed by atoms with Gasteiger partial charge in [0.25, 0.3) is 0 Å². The molecule has 0 aromatic rings. The minimum Gasteiger partial charge on any atom is -0.462 e. The summed E-state index contributed by atoms with van der Waals surface area (Å²) in [6.07, 6.45) is 40.5. The summed E-state index contributed by atoms with van der Waals surface area (Å²) in [5, 5.41) is 18.3. The molecular weight excluding hydrogens is 731 g/mol. The van der Waals surface area contributed by atoms with Crippen LogP contribution in [0.5, 0.6) is 0 Å². The van der Waals surface area contributed by atoms with Crippen molar-refractivity contribution in [1.82, 2.24) is 0 Å². The first-order valence-electron chi connectivity index (χ1n) is 23.1. The molecule has 0 aliphatic carbocycles. The number of phosphoric ester groups is 1. The van der Waals surface area contributed by atoms with Crippen molar-refractivity contribution in [2.24, 2.45) is 0 Å². The van der Waals surface area contributed by atoms with Crippen LogP contribution in [-0.4, -0.2) is 65.7 Å². The Morgan fingerprint density at radius 1 is 0.518 bits per heavy atom. The molecule has 332 valence electrons. The van der Waals surface area contributed by atoms with E-state index in [1.54, 1.807) is 0 Å². The van der Waals surface area contributed by atoms with Crippen LogP contribution in [0.2, 0.25) is 0 Å². The standard InChI is InChI=1S/C45H87O10P/c1-3-5-7-9-11-13-15-17-19-20-21-23-25-27-29-31-33-35-37-45(49)55-43(41-54-56(50,51)53-39-42(47)38-46)40-52-44(48)36-34-32-30-28-26-24-22-18-16-14-12-10-8-6-4-2/h30,32,42-43,46-47H,3-29,31,33-41H2,1-2H3,(H,50,51)/b32-30+/t42-,43+/m0/s1. The van der Waals surface area contributed by atoms with Crippen LogP contribution >= 0.6 is 7.82 Å². The molecule has 0 fully saturated rings. The predicted molar refractivity (Wildman–Crippen MR) is 229 cm³/mol. The predicted octanol–water partition coefficient (Wildman–Crippen LogP) is 12.4. The molecule has 11 heteroatoms. The highest BCUT2D eigenvalue weighted by atomic mass is 31.2. The fourth-order valence-corrected chi connectivity index (χ4v) is 7.39. The van der Waals surface area contributed by atoms with Crippen molar-refractivity contribution in [2.75, 3.05) is 26.4 Å². The molecule has 1 unspecified atom stereocenters. The topological polar surface area (TPSA) is 149 Å². The van der Waals surface area contributed by atoms with Crippen molar-refractivity contribution >= 4 is 19.8 Å². The second-order valence-electron chi connectivity index (χ2n) is 15.8.